The van der Waals surface area contributed by atoms with Crippen molar-refractivity contribution in [2.24, 2.45) is 5.73 Å². The summed E-state index contributed by atoms with van der Waals surface area (Å²) in [7, 11) is 0. The zero-order chi connectivity index (χ0) is 14.6. The number of nitrogens with two attached hydrogens (primary N) is 1. The maximum Gasteiger partial charge on any atom is 0.153 e. The van der Waals surface area contributed by atoms with E-state index in [0.29, 0.717) is 22.8 Å². The van der Waals surface area contributed by atoms with Crippen LogP contribution in [0.25, 0.3) is 11.0 Å². The highest BCUT2D eigenvalue weighted by Gasteiger charge is 2.44. The summed E-state index contributed by atoms with van der Waals surface area (Å²) in [5.41, 5.74) is 7.33. The molecule has 3 N–H and O–H groups in total. The van der Waals surface area contributed by atoms with Gasteiger partial charge in [-0.3, -0.25) is 0 Å². The summed E-state index contributed by atoms with van der Waals surface area (Å²) in [5, 5.41) is 12.6. The third-order valence-electron chi connectivity index (χ3n) is 4.22. The van der Waals surface area contributed by atoms with Crippen molar-refractivity contribution >= 4 is 22.6 Å². The van der Waals surface area contributed by atoms with Gasteiger partial charge in [-0.05, 0) is 23.3 Å². The Kier molecular flexibility index (Phi) is 2.67. The van der Waals surface area contributed by atoms with Crippen LogP contribution in [0.1, 0.15) is 29.3 Å². The predicted octanol–water partition coefficient (Wildman–Crippen LogP) is 3.73. The summed E-state index contributed by atoms with van der Waals surface area (Å²) < 4.78 is 5.85. The molecule has 1 heterocycles. The first kappa shape index (κ1) is 12.9. The second-order valence-electron chi connectivity index (χ2n) is 5.53. The van der Waals surface area contributed by atoms with Crippen molar-refractivity contribution in [2.75, 3.05) is 0 Å². The van der Waals surface area contributed by atoms with Gasteiger partial charge < -0.3 is 15.3 Å². The Morgan fingerprint density at radius 2 is 2.00 bits per heavy atom. The first-order chi connectivity index (χ1) is 10.1. The summed E-state index contributed by atoms with van der Waals surface area (Å²) in [6.07, 6.45) is 0.407. The predicted molar refractivity (Wildman–Crippen MR) is 82.2 cm³/mol. The van der Waals surface area contributed by atoms with Crippen LogP contribution in [0.5, 0.6) is 0 Å². The van der Waals surface area contributed by atoms with Crippen LogP contribution in [0.15, 0.2) is 52.9 Å². The molecular weight excluding hydrogens is 286 g/mol. The molecule has 4 rings (SSSR count). The van der Waals surface area contributed by atoms with Crippen molar-refractivity contribution in [1.82, 2.24) is 0 Å². The zero-order valence-electron chi connectivity index (χ0n) is 11.2. The number of hydrogen-bond acceptors (Lipinski definition) is 3. The fourth-order valence-electron chi connectivity index (χ4n) is 3.20. The van der Waals surface area contributed by atoms with Gasteiger partial charge in [0.25, 0.3) is 0 Å². The van der Waals surface area contributed by atoms with Crippen LogP contribution >= 0.6 is 11.6 Å². The van der Waals surface area contributed by atoms with Gasteiger partial charge in [0.15, 0.2) is 5.58 Å². The maximum atomic E-state index is 11.2. The molecule has 0 radical (unpaired) electrons. The third kappa shape index (κ3) is 1.75. The number of para-hydroxylation sites is 1. The average Bonchev–Trinajstić information content (AvgIpc) is 3.02. The molecule has 0 bridgehead atoms. The molecule has 0 spiro atoms. The lowest BCUT2D eigenvalue weighted by molar-refractivity contribution is 0.0556. The van der Waals surface area contributed by atoms with E-state index in [2.05, 4.69) is 0 Å². The minimum atomic E-state index is -1.20. The van der Waals surface area contributed by atoms with E-state index >= 15 is 0 Å². The van der Waals surface area contributed by atoms with Gasteiger partial charge in [0.1, 0.15) is 11.4 Å². The van der Waals surface area contributed by atoms with Gasteiger partial charge >= 0.3 is 0 Å². The standard InChI is InChI=1S/C17H14ClNO2/c18-13-7-3-4-10-8-15(21-16(10)13)17(20)9-14(19)11-5-1-2-6-12(11)17/h1-8,14,20H,9,19H2. The first-order valence-corrected chi connectivity index (χ1v) is 7.23. The number of aliphatic hydroxyl groups is 1. The zero-order valence-corrected chi connectivity index (χ0v) is 12.0. The normalized spacial score (nSPS) is 24.4. The van der Waals surface area contributed by atoms with Crippen molar-refractivity contribution < 1.29 is 9.52 Å². The molecule has 3 aromatic rings. The summed E-state index contributed by atoms with van der Waals surface area (Å²) in [4.78, 5) is 0. The monoisotopic (exact) mass is 299 g/mol. The van der Waals surface area contributed by atoms with E-state index in [-0.39, 0.29) is 6.04 Å². The molecule has 4 heteroatoms. The smallest absolute Gasteiger partial charge is 0.153 e. The van der Waals surface area contributed by atoms with Gasteiger partial charge in [0.05, 0.1) is 5.02 Å². The molecule has 2 aromatic carbocycles. The lowest BCUT2D eigenvalue weighted by Gasteiger charge is -2.21. The largest absolute Gasteiger partial charge is 0.456 e. The van der Waals surface area contributed by atoms with E-state index in [1.165, 1.54) is 0 Å². The molecule has 21 heavy (non-hydrogen) atoms. The molecule has 0 aliphatic heterocycles. The Morgan fingerprint density at radius 1 is 1.19 bits per heavy atom. The van der Waals surface area contributed by atoms with Gasteiger partial charge in [0.2, 0.25) is 0 Å². The lowest BCUT2D eigenvalue weighted by Crippen LogP contribution is -2.24. The molecule has 3 nitrogen and oxygen atoms in total. The van der Waals surface area contributed by atoms with Crippen LogP contribution in [0.3, 0.4) is 0 Å². The molecule has 1 aliphatic carbocycles. The van der Waals surface area contributed by atoms with Crippen LogP contribution in [-0.2, 0) is 5.60 Å². The average molecular weight is 300 g/mol. The van der Waals surface area contributed by atoms with Crippen LogP contribution < -0.4 is 5.73 Å². The molecule has 1 aromatic heterocycles. The van der Waals surface area contributed by atoms with Crippen LogP contribution in [0, 0.1) is 0 Å². The Balaban J connectivity index is 1.94. The van der Waals surface area contributed by atoms with Crippen LogP contribution in [-0.4, -0.2) is 5.11 Å². The minimum Gasteiger partial charge on any atom is -0.456 e. The van der Waals surface area contributed by atoms with Gasteiger partial charge in [-0.1, -0.05) is 48.0 Å². The summed E-state index contributed by atoms with van der Waals surface area (Å²) in [6, 6.07) is 14.9. The van der Waals surface area contributed by atoms with Crippen LogP contribution in [0.2, 0.25) is 5.02 Å². The third-order valence-corrected chi connectivity index (χ3v) is 4.52. The lowest BCUT2D eigenvalue weighted by atomic mass is 9.93. The highest BCUT2D eigenvalue weighted by Crippen LogP contribution is 2.47. The number of rotatable bonds is 1. The van der Waals surface area contributed by atoms with Crippen molar-refractivity contribution in [3.8, 4) is 0 Å². The second-order valence-corrected chi connectivity index (χ2v) is 5.93. The molecular formula is C17H14ClNO2. The van der Waals surface area contributed by atoms with Crippen molar-refractivity contribution in [1.29, 1.82) is 0 Å². The molecule has 1 aliphatic rings. The van der Waals surface area contributed by atoms with Crippen molar-refractivity contribution in [3.05, 3.63) is 70.4 Å². The van der Waals surface area contributed by atoms with Crippen molar-refractivity contribution in [2.45, 2.75) is 18.1 Å². The number of furan rings is 1. The van der Waals surface area contributed by atoms with Gasteiger partial charge in [-0.15, -0.1) is 0 Å². The van der Waals surface area contributed by atoms with E-state index in [4.69, 9.17) is 21.8 Å². The minimum absolute atomic E-state index is 0.199. The topological polar surface area (TPSA) is 59.4 Å². The fraction of sp³-hybridized carbons (Fsp3) is 0.176. The van der Waals surface area contributed by atoms with E-state index in [9.17, 15) is 5.11 Å². The first-order valence-electron chi connectivity index (χ1n) is 6.85. The van der Waals surface area contributed by atoms with Gasteiger partial charge in [-0.25, -0.2) is 0 Å². The Bertz CT molecular complexity index is 842. The Labute approximate surface area is 126 Å². The highest BCUT2D eigenvalue weighted by atomic mass is 35.5. The molecule has 106 valence electrons. The SMILES string of the molecule is NC1CC(O)(c2cc3cccc(Cl)c3o2)c2ccccc21. The molecule has 0 saturated carbocycles. The number of benzene rings is 2. The van der Waals surface area contributed by atoms with Crippen LogP contribution in [0.4, 0.5) is 0 Å². The molecule has 2 unspecified atom stereocenters. The van der Waals surface area contributed by atoms with Gasteiger partial charge in [-0.2, -0.15) is 0 Å². The fourth-order valence-corrected chi connectivity index (χ4v) is 3.42. The van der Waals surface area contributed by atoms with E-state index in [1.807, 2.05) is 42.5 Å². The van der Waals surface area contributed by atoms with Crippen molar-refractivity contribution in [3.63, 3.8) is 0 Å². The van der Waals surface area contributed by atoms with E-state index in [0.717, 1.165) is 16.5 Å². The quantitative estimate of drug-likeness (QED) is 0.720. The number of halogens is 1. The summed E-state index contributed by atoms with van der Waals surface area (Å²) >= 11 is 6.15. The van der Waals surface area contributed by atoms with E-state index < -0.39 is 5.60 Å². The maximum absolute atomic E-state index is 11.2. The Hall–Kier alpha value is -1.81. The molecule has 0 amide bonds. The number of fused-ring (bicyclic) bond motifs is 2. The molecule has 0 saturated heterocycles. The molecule has 0 fully saturated rings. The summed E-state index contributed by atoms with van der Waals surface area (Å²) in [5.74, 6) is 0.492. The Morgan fingerprint density at radius 3 is 2.81 bits per heavy atom. The molecule has 2 atom stereocenters. The summed E-state index contributed by atoms with van der Waals surface area (Å²) in [6.45, 7) is 0. The van der Waals surface area contributed by atoms with Gasteiger partial charge in [0, 0.05) is 17.8 Å². The number of hydrogen-bond donors (Lipinski definition) is 2. The highest BCUT2D eigenvalue weighted by molar-refractivity contribution is 6.34. The van der Waals surface area contributed by atoms with E-state index in [1.54, 1.807) is 6.07 Å². The second kappa shape index (κ2) is 4.34.